The maximum atomic E-state index is 13.7. The van der Waals surface area contributed by atoms with Gasteiger partial charge in [0.25, 0.3) is 0 Å². The molecule has 0 aromatic heterocycles. The number of halogens is 1. The van der Waals surface area contributed by atoms with E-state index in [4.69, 9.17) is 4.74 Å². The molecule has 0 aliphatic heterocycles. The fourth-order valence-corrected chi connectivity index (χ4v) is 1.63. The molecular formula is C16H23FO2. The van der Waals surface area contributed by atoms with E-state index in [-0.39, 0.29) is 17.7 Å². The van der Waals surface area contributed by atoms with E-state index in [1.54, 1.807) is 19.9 Å². The largest absolute Gasteiger partial charge is 0.488 e. The summed E-state index contributed by atoms with van der Waals surface area (Å²) in [5.41, 5.74) is 0.134. The third kappa shape index (κ3) is 6.39. The number of benzene rings is 1. The van der Waals surface area contributed by atoms with Crippen LogP contribution in [0.4, 0.5) is 4.39 Å². The molecule has 0 amide bonds. The molecule has 0 bridgehead atoms. The van der Waals surface area contributed by atoms with Crippen LogP contribution in [0.2, 0.25) is 0 Å². The Labute approximate surface area is 114 Å². The molecule has 0 heterocycles. The second kappa shape index (κ2) is 6.71. The molecule has 0 saturated carbocycles. The van der Waals surface area contributed by atoms with Gasteiger partial charge >= 0.3 is 0 Å². The number of allylic oxidation sites excluding steroid dienone is 1. The van der Waals surface area contributed by atoms with Crippen molar-refractivity contribution >= 4 is 6.08 Å². The Hall–Kier alpha value is -1.35. The van der Waals surface area contributed by atoms with Gasteiger partial charge in [-0.15, -0.1) is 0 Å². The van der Waals surface area contributed by atoms with Crippen LogP contribution < -0.4 is 4.74 Å². The smallest absolute Gasteiger partial charge is 0.165 e. The van der Waals surface area contributed by atoms with Crippen LogP contribution in [0.15, 0.2) is 24.3 Å². The molecule has 0 fully saturated rings. The maximum Gasteiger partial charge on any atom is 0.165 e. The van der Waals surface area contributed by atoms with Gasteiger partial charge in [-0.3, -0.25) is 0 Å². The minimum atomic E-state index is -0.662. The van der Waals surface area contributed by atoms with Crippen molar-refractivity contribution < 1.29 is 14.2 Å². The summed E-state index contributed by atoms with van der Waals surface area (Å²) in [5, 5.41) is 9.57. The zero-order chi connectivity index (χ0) is 14.5. The fourth-order valence-electron chi connectivity index (χ4n) is 1.63. The number of ether oxygens (including phenoxy) is 1. The molecule has 1 aromatic carbocycles. The van der Waals surface area contributed by atoms with E-state index >= 15 is 0 Å². The first-order valence-electron chi connectivity index (χ1n) is 6.63. The Morgan fingerprint density at radius 3 is 2.58 bits per heavy atom. The van der Waals surface area contributed by atoms with Crippen molar-refractivity contribution in [3.63, 3.8) is 0 Å². The van der Waals surface area contributed by atoms with Crippen molar-refractivity contribution in [2.24, 2.45) is 0 Å². The minimum absolute atomic E-state index is 0.0392. The molecule has 106 valence electrons. The summed E-state index contributed by atoms with van der Waals surface area (Å²) >= 11 is 0. The summed E-state index contributed by atoms with van der Waals surface area (Å²) in [7, 11) is 0. The molecule has 1 N–H and O–H groups in total. The van der Waals surface area contributed by atoms with Gasteiger partial charge in [-0.2, -0.15) is 0 Å². The first-order chi connectivity index (χ1) is 8.78. The Morgan fingerprint density at radius 1 is 1.37 bits per heavy atom. The summed E-state index contributed by atoms with van der Waals surface area (Å²) in [6, 6.07) is 4.92. The lowest BCUT2D eigenvalue weighted by atomic mass is 10.0. The zero-order valence-electron chi connectivity index (χ0n) is 12.1. The minimum Gasteiger partial charge on any atom is -0.488 e. The Kier molecular flexibility index (Phi) is 5.55. The first-order valence-corrected chi connectivity index (χ1v) is 6.63. The van der Waals surface area contributed by atoms with Crippen LogP contribution in [0.3, 0.4) is 0 Å². The highest BCUT2D eigenvalue weighted by Crippen LogP contribution is 2.20. The molecule has 2 nitrogen and oxygen atoms in total. The van der Waals surface area contributed by atoms with Gasteiger partial charge in [-0.25, -0.2) is 4.39 Å². The van der Waals surface area contributed by atoms with Gasteiger partial charge in [-0.05, 0) is 58.2 Å². The molecule has 0 atom stereocenters. The van der Waals surface area contributed by atoms with Crippen LogP contribution in [-0.2, 0) is 0 Å². The van der Waals surface area contributed by atoms with Gasteiger partial charge in [0.15, 0.2) is 11.6 Å². The van der Waals surface area contributed by atoms with E-state index in [0.717, 1.165) is 12.0 Å². The van der Waals surface area contributed by atoms with Crippen LogP contribution in [0.25, 0.3) is 6.08 Å². The van der Waals surface area contributed by atoms with Crippen LogP contribution in [0.5, 0.6) is 5.75 Å². The first kappa shape index (κ1) is 15.7. The van der Waals surface area contributed by atoms with Crippen LogP contribution >= 0.6 is 0 Å². The van der Waals surface area contributed by atoms with Gasteiger partial charge in [0, 0.05) is 0 Å². The van der Waals surface area contributed by atoms with E-state index in [9.17, 15) is 9.50 Å². The summed E-state index contributed by atoms with van der Waals surface area (Å²) in [6.45, 7) is 7.28. The third-order valence-electron chi connectivity index (χ3n) is 2.55. The van der Waals surface area contributed by atoms with Crippen molar-refractivity contribution in [2.75, 3.05) is 0 Å². The van der Waals surface area contributed by atoms with Crippen molar-refractivity contribution in [3.8, 4) is 5.75 Å². The van der Waals surface area contributed by atoms with Gasteiger partial charge < -0.3 is 9.84 Å². The lowest BCUT2D eigenvalue weighted by Gasteiger charge is -2.14. The highest BCUT2D eigenvalue weighted by molar-refractivity contribution is 5.51. The standard InChI is InChI=1S/C16H23FO2/c1-12(2)19-15-9-8-13(11-14(15)17)7-5-6-10-16(3,4)18/h5,7-9,11-12,18H,6,10H2,1-4H3/b7-5+. The zero-order valence-corrected chi connectivity index (χ0v) is 12.1. The van der Waals surface area contributed by atoms with E-state index < -0.39 is 5.60 Å². The fraction of sp³-hybridized carbons (Fsp3) is 0.500. The van der Waals surface area contributed by atoms with Crippen LogP contribution in [0.1, 0.15) is 46.1 Å². The van der Waals surface area contributed by atoms with Crippen molar-refractivity contribution in [1.29, 1.82) is 0 Å². The topological polar surface area (TPSA) is 29.5 Å². The van der Waals surface area contributed by atoms with Gasteiger partial charge in [0.2, 0.25) is 0 Å². The average molecular weight is 266 g/mol. The molecular weight excluding hydrogens is 243 g/mol. The molecule has 3 heteroatoms. The number of rotatable bonds is 6. The Morgan fingerprint density at radius 2 is 2.05 bits per heavy atom. The quantitative estimate of drug-likeness (QED) is 0.837. The second-order valence-corrected chi connectivity index (χ2v) is 5.61. The highest BCUT2D eigenvalue weighted by Gasteiger charge is 2.10. The summed E-state index contributed by atoms with van der Waals surface area (Å²) in [4.78, 5) is 0. The maximum absolute atomic E-state index is 13.7. The molecule has 0 unspecified atom stereocenters. The van der Waals surface area contributed by atoms with E-state index in [1.807, 2.05) is 32.1 Å². The SMILES string of the molecule is CC(C)Oc1ccc(/C=C/CCC(C)(C)O)cc1F. The number of aliphatic hydroxyl groups is 1. The monoisotopic (exact) mass is 266 g/mol. The predicted octanol–water partition coefficient (Wildman–Crippen LogP) is 4.18. The molecule has 19 heavy (non-hydrogen) atoms. The Balaban J connectivity index is 2.61. The average Bonchev–Trinajstić information content (AvgIpc) is 2.26. The van der Waals surface area contributed by atoms with Crippen LogP contribution in [0, 0.1) is 5.82 Å². The van der Waals surface area contributed by atoms with Gasteiger partial charge in [-0.1, -0.05) is 18.2 Å². The molecule has 1 rings (SSSR count). The molecule has 0 aliphatic rings. The number of hydrogen-bond acceptors (Lipinski definition) is 2. The van der Waals surface area contributed by atoms with Gasteiger partial charge in [0.1, 0.15) is 0 Å². The summed E-state index contributed by atoms with van der Waals surface area (Å²) in [5.74, 6) is -0.0676. The molecule has 0 radical (unpaired) electrons. The van der Waals surface area contributed by atoms with E-state index in [2.05, 4.69) is 0 Å². The van der Waals surface area contributed by atoms with Gasteiger partial charge in [0.05, 0.1) is 11.7 Å². The molecule has 0 saturated heterocycles. The Bertz CT molecular complexity index is 431. The van der Waals surface area contributed by atoms with Crippen molar-refractivity contribution in [3.05, 3.63) is 35.7 Å². The van der Waals surface area contributed by atoms with Crippen LogP contribution in [-0.4, -0.2) is 16.8 Å². The van der Waals surface area contributed by atoms with Crippen molar-refractivity contribution in [1.82, 2.24) is 0 Å². The molecule has 0 spiro atoms. The van der Waals surface area contributed by atoms with E-state index in [0.29, 0.717) is 6.42 Å². The molecule has 0 aliphatic carbocycles. The highest BCUT2D eigenvalue weighted by atomic mass is 19.1. The lowest BCUT2D eigenvalue weighted by Crippen LogP contribution is -2.17. The number of hydrogen-bond donors (Lipinski definition) is 1. The normalized spacial score (nSPS) is 12.4. The second-order valence-electron chi connectivity index (χ2n) is 5.61. The third-order valence-corrected chi connectivity index (χ3v) is 2.55. The lowest BCUT2D eigenvalue weighted by molar-refractivity contribution is 0.0722. The summed E-state index contributed by atoms with van der Waals surface area (Å²) < 4.78 is 19.0. The summed E-state index contributed by atoms with van der Waals surface area (Å²) in [6.07, 6.45) is 5.20. The van der Waals surface area contributed by atoms with Crippen molar-refractivity contribution in [2.45, 2.75) is 52.2 Å². The predicted molar refractivity (Wildman–Crippen MR) is 76.7 cm³/mol. The molecule has 1 aromatic rings. The van der Waals surface area contributed by atoms with E-state index in [1.165, 1.54) is 6.07 Å².